The van der Waals surface area contributed by atoms with Crippen LogP contribution in [0.2, 0.25) is 0 Å². The molecule has 3 rings (SSSR count). The molecule has 0 atom stereocenters. The van der Waals surface area contributed by atoms with Crippen molar-refractivity contribution >= 4 is 28.6 Å². The van der Waals surface area contributed by atoms with Crippen molar-refractivity contribution in [2.24, 2.45) is 5.10 Å². The van der Waals surface area contributed by atoms with E-state index in [1.54, 1.807) is 6.20 Å². The smallest absolute Gasteiger partial charge is 0.102 e. The number of hydrazone groups is 1. The summed E-state index contributed by atoms with van der Waals surface area (Å²) in [5, 5.41) is 17.2. The van der Waals surface area contributed by atoms with Crippen molar-refractivity contribution in [3.63, 3.8) is 0 Å². The van der Waals surface area contributed by atoms with Crippen LogP contribution in [-0.2, 0) is 0 Å². The monoisotopic (exact) mass is 316 g/mol. The predicted octanol–water partition coefficient (Wildman–Crippen LogP) is 3.80. The van der Waals surface area contributed by atoms with Gasteiger partial charge in [0.05, 0.1) is 22.6 Å². The molecule has 0 spiro atoms. The number of rotatable bonds is 3. The Morgan fingerprint density at radius 1 is 0.957 bits per heavy atom. The van der Waals surface area contributed by atoms with Crippen LogP contribution in [0.1, 0.15) is 11.1 Å². The van der Waals surface area contributed by atoms with Gasteiger partial charge in [-0.05, 0) is 17.8 Å². The molecule has 1 aliphatic rings. The first-order valence-electron chi connectivity index (χ1n) is 6.94. The Kier molecular flexibility index (Phi) is 4.30. The summed E-state index contributed by atoms with van der Waals surface area (Å²) >= 11 is 4.66. The van der Waals surface area contributed by atoms with Gasteiger partial charge in [-0.3, -0.25) is 5.43 Å². The van der Waals surface area contributed by atoms with Gasteiger partial charge in [0.2, 0.25) is 0 Å². The molecule has 0 saturated carbocycles. The molecule has 0 saturated heterocycles. The fourth-order valence-corrected chi connectivity index (χ4v) is 2.51. The van der Waals surface area contributed by atoms with Gasteiger partial charge in [0, 0.05) is 11.1 Å². The highest BCUT2D eigenvalue weighted by molar-refractivity contribution is 7.78. The van der Waals surface area contributed by atoms with Gasteiger partial charge >= 0.3 is 0 Å². The molecule has 0 aromatic heterocycles. The van der Waals surface area contributed by atoms with Gasteiger partial charge in [-0.2, -0.15) is 10.4 Å². The zero-order valence-corrected chi connectivity index (χ0v) is 12.9. The first-order chi connectivity index (χ1) is 11.3. The second-order valence-electron chi connectivity index (χ2n) is 4.78. The summed E-state index contributed by atoms with van der Waals surface area (Å²) < 4.78 is 0. The van der Waals surface area contributed by atoms with E-state index in [0.29, 0.717) is 5.57 Å². The minimum atomic E-state index is 0.503. The van der Waals surface area contributed by atoms with Gasteiger partial charge in [-0.25, -0.2) is 0 Å². The van der Waals surface area contributed by atoms with Crippen LogP contribution in [0.5, 0.6) is 0 Å². The third-order valence-electron chi connectivity index (χ3n) is 3.39. The highest BCUT2D eigenvalue weighted by Gasteiger charge is 2.22. The molecule has 23 heavy (non-hydrogen) atoms. The van der Waals surface area contributed by atoms with Crippen molar-refractivity contribution in [2.45, 2.75) is 0 Å². The van der Waals surface area contributed by atoms with Gasteiger partial charge in [0.15, 0.2) is 0 Å². The van der Waals surface area contributed by atoms with Gasteiger partial charge in [0.1, 0.15) is 6.07 Å². The zero-order valence-electron chi connectivity index (χ0n) is 12.1. The Morgan fingerprint density at radius 2 is 1.57 bits per heavy atom. The molecule has 2 aromatic rings. The van der Waals surface area contributed by atoms with E-state index in [0.717, 1.165) is 22.4 Å². The number of thiocarbonyl (C=S) groups is 1. The Balaban J connectivity index is 2.24. The van der Waals surface area contributed by atoms with E-state index in [2.05, 4.69) is 34.0 Å². The molecule has 1 aliphatic heterocycles. The lowest BCUT2D eigenvalue weighted by molar-refractivity contribution is 0.342. The number of nitrogens with zero attached hydrogens (tertiary/aromatic N) is 3. The molecular formula is C18H12N4S. The Bertz CT molecular complexity index is 857. The first-order valence-corrected chi connectivity index (χ1v) is 7.35. The van der Waals surface area contributed by atoms with Gasteiger partial charge in [-0.1, -0.05) is 65.8 Å². The lowest BCUT2D eigenvalue weighted by atomic mass is 9.93. The molecule has 2 aromatic carbocycles. The summed E-state index contributed by atoms with van der Waals surface area (Å²) in [7, 11) is 0. The predicted molar refractivity (Wildman–Crippen MR) is 93.4 cm³/mol. The van der Waals surface area contributed by atoms with Crippen LogP contribution in [0.3, 0.4) is 0 Å². The number of nitriles is 1. The lowest BCUT2D eigenvalue weighted by Crippen LogP contribution is -2.31. The van der Waals surface area contributed by atoms with E-state index in [1.165, 1.54) is 5.12 Å². The number of allylic oxidation sites excluding steroid dienone is 2. The van der Waals surface area contributed by atoms with Crippen molar-refractivity contribution < 1.29 is 0 Å². The lowest BCUT2D eigenvalue weighted by Gasteiger charge is -2.26. The third kappa shape index (κ3) is 3.04. The molecule has 110 valence electrons. The fourth-order valence-electron chi connectivity index (χ4n) is 2.43. The molecule has 0 aliphatic carbocycles. The van der Waals surface area contributed by atoms with Crippen LogP contribution < -0.4 is 5.43 Å². The van der Waals surface area contributed by atoms with E-state index in [1.807, 2.05) is 60.7 Å². The van der Waals surface area contributed by atoms with Gasteiger partial charge in [-0.15, -0.1) is 0 Å². The molecule has 1 heterocycles. The third-order valence-corrected chi connectivity index (χ3v) is 3.47. The summed E-state index contributed by atoms with van der Waals surface area (Å²) in [6.07, 6.45) is 1.61. The van der Waals surface area contributed by atoms with E-state index in [9.17, 15) is 5.26 Å². The minimum absolute atomic E-state index is 0.503. The molecule has 4 nitrogen and oxygen atoms in total. The van der Waals surface area contributed by atoms with Crippen LogP contribution in [0.4, 0.5) is 0 Å². The maximum absolute atomic E-state index is 9.58. The molecule has 0 bridgehead atoms. The van der Waals surface area contributed by atoms with Crippen LogP contribution in [-0.4, -0.2) is 10.3 Å². The number of hydrogen-bond donors (Lipinski definition) is 1. The molecule has 5 heteroatoms. The van der Waals surface area contributed by atoms with Crippen LogP contribution in [0.25, 0.3) is 11.3 Å². The van der Waals surface area contributed by atoms with Crippen molar-refractivity contribution in [2.75, 3.05) is 0 Å². The number of benzene rings is 2. The Labute approximate surface area is 139 Å². The average molecular weight is 316 g/mol. The van der Waals surface area contributed by atoms with Gasteiger partial charge < -0.3 is 0 Å². The summed E-state index contributed by atoms with van der Waals surface area (Å²) in [6.45, 7) is 0. The molecule has 0 unspecified atom stereocenters. The number of isothiocyanates is 1. The molecular weight excluding hydrogens is 304 g/mol. The van der Waals surface area contributed by atoms with Crippen LogP contribution in [0, 0.1) is 11.3 Å². The average Bonchev–Trinajstić information content (AvgIpc) is 2.62. The van der Waals surface area contributed by atoms with Crippen molar-refractivity contribution in [1.82, 2.24) is 10.5 Å². The summed E-state index contributed by atoms with van der Waals surface area (Å²) in [6, 6.07) is 21.8. The standard InChI is InChI=1S/C18H12N4S/c19-11-16-12-22(20-13-23)21-18(15-9-5-2-6-10-15)17(16)14-7-3-1-4-8-14/h1-10,12,21H. The fraction of sp³-hybridized carbons (Fsp3) is 0. The summed E-state index contributed by atoms with van der Waals surface area (Å²) in [5.41, 5.74) is 7.21. The zero-order chi connectivity index (χ0) is 16.1. The number of nitrogens with one attached hydrogen (secondary N) is 1. The topological polar surface area (TPSA) is 51.4 Å². The SMILES string of the molecule is N#CC1=CN(N=C=S)NC(c2ccccc2)=C1c1ccccc1. The maximum atomic E-state index is 9.58. The summed E-state index contributed by atoms with van der Waals surface area (Å²) in [4.78, 5) is 0. The van der Waals surface area contributed by atoms with E-state index in [4.69, 9.17) is 0 Å². The number of hydrogen-bond acceptors (Lipinski definition) is 5. The molecule has 0 radical (unpaired) electrons. The van der Waals surface area contributed by atoms with Gasteiger partial charge in [0.25, 0.3) is 0 Å². The second-order valence-corrected chi connectivity index (χ2v) is 4.97. The highest BCUT2D eigenvalue weighted by atomic mass is 32.1. The maximum Gasteiger partial charge on any atom is 0.102 e. The summed E-state index contributed by atoms with van der Waals surface area (Å²) in [5.74, 6) is 0. The Hall–Kier alpha value is -3.19. The molecule has 1 N–H and O–H groups in total. The molecule has 0 amide bonds. The normalized spacial score (nSPS) is 13.5. The van der Waals surface area contributed by atoms with Crippen LogP contribution in [0.15, 0.2) is 77.5 Å². The van der Waals surface area contributed by atoms with Crippen LogP contribution >= 0.6 is 12.2 Å². The quantitative estimate of drug-likeness (QED) is 0.691. The van der Waals surface area contributed by atoms with E-state index < -0.39 is 0 Å². The van der Waals surface area contributed by atoms with Crippen molar-refractivity contribution in [1.29, 1.82) is 5.26 Å². The molecule has 0 fully saturated rings. The van der Waals surface area contributed by atoms with E-state index in [-0.39, 0.29) is 0 Å². The number of hydrazine groups is 1. The van der Waals surface area contributed by atoms with E-state index >= 15 is 0 Å². The van der Waals surface area contributed by atoms with Crippen molar-refractivity contribution in [3.8, 4) is 6.07 Å². The first kappa shape index (κ1) is 14.7. The Morgan fingerprint density at radius 3 is 2.13 bits per heavy atom. The highest BCUT2D eigenvalue weighted by Crippen LogP contribution is 2.33. The largest absolute Gasteiger partial charge is 0.277 e. The minimum Gasteiger partial charge on any atom is -0.277 e. The second kappa shape index (κ2) is 6.71. The van der Waals surface area contributed by atoms with Crippen molar-refractivity contribution in [3.05, 3.63) is 83.6 Å².